The summed E-state index contributed by atoms with van der Waals surface area (Å²) < 4.78 is 25.2. The monoisotopic (exact) mass is 464 g/mol. The number of thiophene rings is 2. The number of unbranched alkanes of at least 4 members (excludes halogenated alkanes) is 3. The minimum absolute atomic E-state index is 0.814. The second-order valence-corrected chi connectivity index (χ2v) is 11.9. The van der Waals surface area contributed by atoms with E-state index in [4.69, 9.17) is 0 Å². The lowest BCUT2D eigenvalue weighted by molar-refractivity contribution is 0.598. The van der Waals surface area contributed by atoms with Gasteiger partial charge in [0.15, 0.2) is 9.79 Å². The maximum atomic E-state index is 12.6. The molecule has 2 aromatic heterocycles. The number of rotatable bonds is 9. The highest BCUT2D eigenvalue weighted by Gasteiger charge is 2.24. The van der Waals surface area contributed by atoms with Crippen LogP contribution in [-0.4, -0.2) is 21.6 Å². The fourth-order valence-corrected chi connectivity index (χ4v) is 6.96. The first kappa shape index (κ1) is 22.9. The van der Waals surface area contributed by atoms with Crippen LogP contribution >= 0.6 is 22.7 Å². The Balaban J connectivity index is 2.00. The Hall–Kier alpha value is -0.760. The molecule has 0 spiro atoms. The molecule has 2 atom stereocenters. The fourth-order valence-electron chi connectivity index (χ4n) is 3.40. The van der Waals surface area contributed by atoms with Crippen molar-refractivity contribution in [1.29, 1.82) is 0 Å². The minimum Gasteiger partial charge on any atom is -0.612 e. The van der Waals surface area contributed by atoms with E-state index < -0.39 is 22.4 Å². The molecule has 0 radical (unpaired) electrons. The summed E-state index contributed by atoms with van der Waals surface area (Å²) in [5.41, 5.74) is 4.42. The Bertz CT molecular complexity index is 940. The molecule has 29 heavy (non-hydrogen) atoms. The van der Waals surface area contributed by atoms with Gasteiger partial charge in [-0.2, -0.15) is 0 Å². The van der Waals surface area contributed by atoms with Crippen molar-refractivity contribution in [2.75, 3.05) is 12.5 Å². The summed E-state index contributed by atoms with van der Waals surface area (Å²) in [6.07, 6.45) is 9.53. The van der Waals surface area contributed by atoms with Crippen molar-refractivity contribution in [3.05, 3.63) is 46.2 Å². The molecule has 2 nitrogen and oxygen atoms in total. The molecule has 3 aromatic rings. The molecule has 0 saturated heterocycles. The Morgan fingerprint density at radius 2 is 1.38 bits per heavy atom. The molecular weight excluding hydrogens is 437 g/mol. The quantitative estimate of drug-likeness (QED) is 0.251. The van der Waals surface area contributed by atoms with Gasteiger partial charge in [-0.1, -0.05) is 26.2 Å². The van der Waals surface area contributed by atoms with Crippen molar-refractivity contribution >= 4 is 45.0 Å². The largest absolute Gasteiger partial charge is 0.612 e. The second kappa shape index (κ2) is 10.5. The average molecular weight is 465 g/mol. The molecule has 0 aliphatic heterocycles. The van der Waals surface area contributed by atoms with Gasteiger partial charge in [0.2, 0.25) is 0 Å². The lowest BCUT2D eigenvalue weighted by Crippen LogP contribution is -2.05. The molecule has 0 bridgehead atoms. The van der Waals surface area contributed by atoms with E-state index in [1.165, 1.54) is 36.8 Å². The fraction of sp³-hybridized carbons (Fsp3) is 0.391. The summed E-state index contributed by atoms with van der Waals surface area (Å²) in [5, 5.41) is 4.31. The smallest absolute Gasteiger partial charge is 0.162 e. The summed E-state index contributed by atoms with van der Waals surface area (Å²) in [6, 6.07) is 8.33. The van der Waals surface area contributed by atoms with Gasteiger partial charge < -0.3 is 9.11 Å². The van der Waals surface area contributed by atoms with E-state index in [0.29, 0.717) is 0 Å². The van der Waals surface area contributed by atoms with Gasteiger partial charge in [0.1, 0.15) is 12.5 Å². The van der Waals surface area contributed by atoms with Crippen LogP contribution in [0.1, 0.15) is 43.7 Å². The van der Waals surface area contributed by atoms with Crippen molar-refractivity contribution < 1.29 is 9.11 Å². The summed E-state index contributed by atoms with van der Waals surface area (Å²) in [5.74, 6) is 0. The van der Waals surface area contributed by atoms with Crippen LogP contribution in [0.5, 0.6) is 0 Å². The molecule has 1 aromatic carbocycles. The predicted molar refractivity (Wildman–Crippen MR) is 130 cm³/mol. The molecule has 2 heterocycles. The highest BCUT2D eigenvalue weighted by Crippen LogP contribution is 2.41. The van der Waals surface area contributed by atoms with Gasteiger partial charge in [-0.3, -0.25) is 0 Å². The van der Waals surface area contributed by atoms with Gasteiger partial charge in [0.25, 0.3) is 0 Å². The first-order chi connectivity index (χ1) is 13.9. The lowest BCUT2D eigenvalue weighted by Gasteiger charge is -2.15. The van der Waals surface area contributed by atoms with Crippen molar-refractivity contribution in [2.24, 2.45) is 0 Å². The molecule has 0 amide bonds. The zero-order chi connectivity index (χ0) is 21.0. The Labute approximate surface area is 188 Å². The standard InChI is InChI=1S/C23H28O2S4/c1-5-6-7-8-9-17-11-21(27-15-17)19-13-22(28(3)24)18(12-23(19)29(4)25)20-10-16(2)14-26-20/h10-15H,5-9H2,1-4H3. The van der Waals surface area contributed by atoms with Crippen LogP contribution in [0.2, 0.25) is 0 Å². The average Bonchev–Trinajstić information content (AvgIpc) is 3.33. The third-order valence-corrected chi connectivity index (χ3v) is 8.94. The van der Waals surface area contributed by atoms with Crippen LogP contribution in [0.3, 0.4) is 0 Å². The second-order valence-electron chi connectivity index (χ2n) is 7.37. The molecule has 156 valence electrons. The highest BCUT2D eigenvalue weighted by molar-refractivity contribution is 7.91. The highest BCUT2D eigenvalue weighted by atomic mass is 32.2. The lowest BCUT2D eigenvalue weighted by atomic mass is 10.1. The van der Waals surface area contributed by atoms with Crippen LogP contribution in [0.25, 0.3) is 20.9 Å². The number of aryl methyl sites for hydroxylation is 2. The van der Waals surface area contributed by atoms with E-state index in [9.17, 15) is 9.11 Å². The van der Waals surface area contributed by atoms with Gasteiger partial charge in [-0.25, -0.2) is 0 Å². The molecule has 3 rings (SSSR count). The summed E-state index contributed by atoms with van der Waals surface area (Å²) in [4.78, 5) is 3.82. The van der Waals surface area contributed by atoms with Crippen LogP contribution in [-0.2, 0) is 28.8 Å². The van der Waals surface area contributed by atoms with Crippen molar-refractivity contribution in [2.45, 2.75) is 55.7 Å². The van der Waals surface area contributed by atoms with E-state index >= 15 is 0 Å². The van der Waals surface area contributed by atoms with Crippen LogP contribution in [0, 0.1) is 6.92 Å². The van der Waals surface area contributed by atoms with Crippen molar-refractivity contribution in [3.8, 4) is 20.9 Å². The Morgan fingerprint density at radius 1 is 0.793 bits per heavy atom. The van der Waals surface area contributed by atoms with Gasteiger partial charge in [-0.05, 0) is 76.1 Å². The Morgan fingerprint density at radius 3 is 1.90 bits per heavy atom. The van der Waals surface area contributed by atoms with Gasteiger partial charge >= 0.3 is 0 Å². The maximum absolute atomic E-state index is 12.6. The van der Waals surface area contributed by atoms with E-state index in [1.54, 1.807) is 35.2 Å². The molecular formula is C23H28O2S4. The van der Waals surface area contributed by atoms with E-state index in [1.807, 2.05) is 12.1 Å². The third kappa shape index (κ3) is 5.69. The Kier molecular flexibility index (Phi) is 8.31. The van der Waals surface area contributed by atoms with Crippen molar-refractivity contribution in [1.82, 2.24) is 0 Å². The summed E-state index contributed by atoms with van der Waals surface area (Å²) in [6.45, 7) is 4.29. The predicted octanol–water partition coefficient (Wildman–Crippen LogP) is 7.05. The summed E-state index contributed by atoms with van der Waals surface area (Å²) >= 11 is 1.08. The number of benzene rings is 1. The van der Waals surface area contributed by atoms with Gasteiger partial charge in [0.05, 0.1) is 11.1 Å². The van der Waals surface area contributed by atoms with E-state index in [0.717, 1.165) is 37.1 Å². The number of hydrogen-bond donors (Lipinski definition) is 0. The van der Waals surface area contributed by atoms with Crippen LogP contribution < -0.4 is 0 Å². The molecule has 0 N–H and O–H groups in total. The molecule has 0 saturated carbocycles. The molecule has 0 aliphatic carbocycles. The van der Waals surface area contributed by atoms with Gasteiger partial charge in [0, 0.05) is 21.9 Å². The van der Waals surface area contributed by atoms with Crippen LogP contribution in [0.4, 0.5) is 0 Å². The molecule has 0 aliphatic rings. The molecule has 2 unspecified atom stereocenters. The first-order valence-electron chi connectivity index (χ1n) is 9.89. The topological polar surface area (TPSA) is 46.1 Å². The van der Waals surface area contributed by atoms with E-state index in [-0.39, 0.29) is 0 Å². The summed E-state index contributed by atoms with van der Waals surface area (Å²) in [7, 11) is 0. The minimum atomic E-state index is -1.13. The normalized spacial score (nSPS) is 13.6. The zero-order valence-electron chi connectivity index (χ0n) is 17.4. The first-order valence-corrected chi connectivity index (χ1v) is 14.8. The number of hydrogen-bond acceptors (Lipinski definition) is 4. The third-order valence-electron chi connectivity index (χ3n) is 4.94. The molecule has 0 fully saturated rings. The maximum Gasteiger partial charge on any atom is 0.162 e. The zero-order valence-corrected chi connectivity index (χ0v) is 20.7. The van der Waals surface area contributed by atoms with E-state index in [2.05, 4.69) is 36.7 Å². The molecule has 6 heteroatoms. The van der Waals surface area contributed by atoms with Crippen LogP contribution in [0.15, 0.2) is 44.8 Å². The van der Waals surface area contributed by atoms with Crippen molar-refractivity contribution in [3.63, 3.8) is 0 Å². The van der Waals surface area contributed by atoms with Gasteiger partial charge in [-0.15, -0.1) is 22.7 Å². The SMILES string of the molecule is CCCCCCc1csc(-c2cc([S+](C)[O-])c(-c3cc(C)cs3)cc2[S+](C)[O-])c1.